The first kappa shape index (κ1) is 22.2. The molecule has 0 radical (unpaired) electrons. The van der Waals surface area contributed by atoms with Gasteiger partial charge in [0.05, 0.1) is 10.8 Å². The number of pyridine rings is 1. The Morgan fingerprint density at radius 3 is 2.53 bits per heavy atom. The maximum absolute atomic E-state index is 12.8. The van der Waals surface area contributed by atoms with Crippen LogP contribution in [0.4, 0.5) is 5.69 Å². The quantitative estimate of drug-likeness (QED) is 0.672. The average molecular weight is 451 g/mol. The van der Waals surface area contributed by atoms with Crippen LogP contribution in [0.2, 0.25) is 5.02 Å². The van der Waals surface area contributed by atoms with Crippen molar-refractivity contribution in [2.45, 2.75) is 24.2 Å². The Morgan fingerprint density at radius 2 is 1.83 bits per heavy atom. The van der Waals surface area contributed by atoms with E-state index in [0.29, 0.717) is 30.1 Å². The highest BCUT2D eigenvalue weighted by atomic mass is 35.5. The Morgan fingerprint density at radius 1 is 1.13 bits per heavy atom. The fourth-order valence-corrected chi connectivity index (χ4v) is 4.88. The van der Waals surface area contributed by atoms with Crippen molar-refractivity contribution in [3.8, 4) is 0 Å². The highest BCUT2D eigenvalue weighted by Gasteiger charge is 2.33. The van der Waals surface area contributed by atoms with E-state index in [9.17, 15) is 18.0 Å². The molecule has 2 heterocycles. The molecular formula is C20H23ClN4O4S. The second-order valence-electron chi connectivity index (χ2n) is 6.98. The zero-order valence-electron chi connectivity index (χ0n) is 16.3. The van der Waals surface area contributed by atoms with Gasteiger partial charge in [0.1, 0.15) is 0 Å². The van der Waals surface area contributed by atoms with Gasteiger partial charge in [-0.15, -0.1) is 0 Å². The standard InChI is InChI=1S/C20H23ClN4O4S/c21-16-3-5-18(6-4-16)30(28,29)25-13-1-2-15(14-25)20(27)23-12-9-19(26)24-17-7-10-22-11-8-17/h3-8,10-11,15H,1-2,9,12-14H2,(H,23,27)(H,22,24,26). The maximum Gasteiger partial charge on any atom is 0.243 e. The topological polar surface area (TPSA) is 108 Å². The monoisotopic (exact) mass is 450 g/mol. The largest absolute Gasteiger partial charge is 0.355 e. The van der Waals surface area contributed by atoms with Crippen LogP contribution in [0.3, 0.4) is 0 Å². The minimum Gasteiger partial charge on any atom is -0.355 e. The normalized spacial score (nSPS) is 17.3. The van der Waals surface area contributed by atoms with Crippen LogP contribution < -0.4 is 10.6 Å². The van der Waals surface area contributed by atoms with Gasteiger partial charge < -0.3 is 10.6 Å². The van der Waals surface area contributed by atoms with E-state index < -0.39 is 15.9 Å². The number of amides is 2. The third kappa shape index (κ3) is 5.78. The van der Waals surface area contributed by atoms with Crippen molar-refractivity contribution in [1.82, 2.24) is 14.6 Å². The molecule has 1 aliphatic rings. The van der Waals surface area contributed by atoms with Gasteiger partial charge in [-0.3, -0.25) is 14.6 Å². The Balaban J connectivity index is 1.50. The summed E-state index contributed by atoms with van der Waals surface area (Å²) in [4.78, 5) is 28.5. The lowest BCUT2D eigenvalue weighted by Crippen LogP contribution is -2.45. The van der Waals surface area contributed by atoms with Crippen molar-refractivity contribution < 1.29 is 18.0 Å². The predicted octanol–water partition coefficient (Wildman–Crippen LogP) is 2.28. The number of carbonyl (C=O) groups is 2. The van der Waals surface area contributed by atoms with E-state index >= 15 is 0 Å². The summed E-state index contributed by atoms with van der Waals surface area (Å²) in [6, 6.07) is 9.33. The third-order valence-corrected chi connectivity index (χ3v) is 6.95. The molecule has 1 aliphatic heterocycles. The van der Waals surface area contributed by atoms with Gasteiger partial charge in [-0.05, 0) is 49.2 Å². The molecule has 1 fully saturated rings. The second kappa shape index (κ2) is 10.0. The van der Waals surface area contributed by atoms with Crippen molar-refractivity contribution in [2.24, 2.45) is 5.92 Å². The number of carbonyl (C=O) groups excluding carboxylic acids is 2. The number of anilines is 1. The maximum atomic E-state index is 12.8. The van der Waals surface area contributed by atoms with Gasteiger partial charge in [0, 0.05) is 49.2 Å². The number of piperidine rings is 1. The van der Waals surface area contributed by atoms with E-state index in [1.54, 1.807) is 24.5 Å². The molecule has 2 N–H and O–H groups in total. The van der Waals surface area contributed by atoms with Crippen molar-refractivity contribution in [3.05, 3.63) is 53.8 Å². The van der Waals surface area contributed by atoms with Gasteiger partial charge in [0.25, 0.3) is 0 Å². The lowest BCUT2D eigenvalue weighted by molar-refractivity contribution is -0.126. The molecule has 2 amide bonds. The fourth-order valence-electron chi connectivity index (χ4n) is 3.23. The Hall–Kier alpha value is -2.49. The number of benzene rings is 1. The van der Waals surface area contributed by atoms with Crippen LogP contribution in [-0.4, -0.2) is 49.2 Å². The number of halogens is 1. The molecular weight excluding hydrogens is 428 g/mol. The van der Waals surface area contributed by atoms with E-state index in [2.05, 4.69) is 15.6 Å². The number of nitrogens with zero attached hydrogens (tertiary/aromatic N) is 2. The second-order valence-corrected chi connectivity index (χ2v) is 9.36. The van der Waals surface area contributed by atoms with Crippen LogP contribution in [0.5, 0.6) is 0 Å². The molecule has 160 valence electrons. The van der Waals surface area contributed by atoms with E-state index in [0.717, 1.165) is 0 Å². The van der Waals surface area contributed by atoms with Gasteiger partial charge >= 0.3 is 0 Å². The molecule has 8 nitrogen and oxygen atoms in total. The van der Waals surface area contributed by atoms with Crippen molar-refractivity contribution in [2.75, 3.05) is 25.0 Å². The first-order valence-electron chi connectivity index (χ1n) is 9.59. The minimum absolute atomic E-state index is 0.111. The molecule has 1 aromatic heterocycles. The number of nitrogens with one attached hydrogen (secondary N) is 2. The van der Waals surface area contributed by atoms with Crippen LogP contribution in [0.1, 0.15) is 19.3 Å². The molecule has 0 bridgehead atoms. The van der Waals surface area contributed by atoms with Crippen LogP contribution in [0, 0.1) is 5.92 Å². The highest BCUT2D eigenvalue weighted by molar-refractivity contribution is 7.89. The van der Waals surface area contributed by atoms with Crippen molar-refractivity contribution >= 4 is 39.1 Å². The molecule has 3 rings (SSSR count). The van der Waals surface area contributed by atoms with Crippen LogP contribution in [0.15, 0.2) is 53.7 Å². The van der Waals surface area contributed by atoms with Gasteiger partial charge in [-0.25, -0.2) is 8.42 Å². The van der Waals surface area contributed by atoms with Gasteiger partial charge in [-0.1, -0.05) is 11.6 Å². The van der Waals surface area contributed by atoms with Crippen LogP contribution in [0.25, 0.3) is 0 Å². The highest BCUT2D eigenvalue weighted by Crippen LogP contribution is 2.24. The average Bonchev–Trinajstić information content (AvgIpc) is 2.75. The summed E-state index contributed by atoms with van der Waals surface area (Å²) in [7, 11) is -3.69. The molecule has 0 aliphatic carbocycles. The summed E-state index contributed by atoms with van der Waals surface area (Å²) in [6.07, 6.45) is 4.46. The molecule has 1 atom stereocenters. The SMILES string of the molecule is O=C(CCNC(=O)C1CCCN(S(=O)(=O)c2ccc(Cl)cc2)C1)Nc1ccncc1. The summed E-state index contributed by atoms with van der Waals surface area (Å²) in [6.45, 7) is 0.652. The first-order chi connectivity index (χ1) is 14.4. The van der Waals surface area contributed by atoms with Gasteiger partial charge in [-0.2, -0.15) is 4.31 Å². The Bertz CT molecular complexity index is 984. The molecule has 0 spiro atoms. The first-order valence-corrected chi connectivity index (χ1v) is 11.4. The number of rotatable bonds is 7. The minimum atomic E-state index is -3.69. The molecule has 30 heavy (non-hydrogen) atoms. The van der Waals surface area contributed by atoms with E-state index in [4.69, 9.17) is 11.6 Å². The molecule has 1 saturated heterocycles. The predicted molar refractivity (Wildman–Crippen MR) is 113 cm³/mol. The lowest BCUT2D eigenvalue weighted by Gasteiger charge is -2.31. The zero-order chi connectivity index (χ0) is 21.6. The Kier molecular flexibility index (Phi) is 7.41. The molecule has 0 saturated carbocycles. The number of aromatic nitrogens is 1. The molecule has 10 heteroatoms. The third-order valence-electron chi connectivity index (χ3n) is 4.82. The van der Waals surface area contributed by atoms with Crippen molar-refractivity contribution in [1.29, 1.82) is 0 Å². The van der Waals surface area contributed by atoms with E-state index in [1.165, 1.54) is 28.6 Å². The Labute approximate surface area is 180 Å². The lowest BCUT2D eigenvalue weighted by atomic mass is 9.99. The van der Waals surface area contributed by atoms with Gasteiger partial charge in [0.15, 0.2) is 0 Å². The molecule has 2 aromatic rings. The smallest absolute Gasteiger partial charge is 0.243 e. The fraction of sp³-hybridized carbons (Fsp3) is 0.350. The zero-order valence-corrected chi connectivity index (χ0v) is 17.8. The van der Waals surface area contributed by atoms with E-state index in [1.807, 2.05) is 0 Å². The van der Waals surface area contributed by atoms with Crippen LogP contribution >= 0.6 is 11.6 Å². The van der Waals surface area contributed by atoms with Gasteiger partial charge in [0.2, 0.25) is 21.8 Å². The van der Waals surface area contributed by atoms with E-state index in [-0.39, 0.29) is 36.2 Å². The van der Waals surface area contributed by atoms with Crippen LogP contribution in [-0.2, 0) is 19.6 Å². The summed E-state index contributed by atoms with van der Waals surface area (Å²) in [5.41, 5.74) is 0.636. The number of sulfonamides is 1. The number of hydrogen-bond acceptors (Lipinski definition) is 5. The summed E-state index contributed by atoms with van der Waals surface area (Å²) in [5, 5.41) is 5.91. The summed E-state index contributed by atoms with van der Waals surface area (Å²) in [5.74, 6) is -0.927. The summed E-state index contributed by atoms with van der Waals surface area (Å²) >= 11 is 5.84. The molecule has 1 unspecified atom stereocenters. The molecule has 1 aromatic carbocycles. The van der Waals surface area contributed by atoms with Crippen molar-refractivity contribution in [3.63, 3.8) is 0 Å². The number of hydrogen-bond donors (Lipinski definition) is 2. The summed E-state index contributed by atoms with van der Waals surface area (Å²) < 4.78 is 27.0.